The number of imidazole rings is 2. The lowest BCUT2D eigenvalue weighted by atomic mass is 9.92. The molecule has 7 aromatic rings. The van der Waals surface area contributed by atoms with Crippen LogP contribution in [0, 0.1) is 0 Å². The molecule has 0 fully saturated rings. The highest BCUT2D eigenvalue weighted by atomic mass is 15.1. The predicted molar refractivity (Wildman–Crippen MR) is 192 cm³/mol. The Morgan fingerprint density at radius 3 is 1.85 bits per heavy atom. The van der Waals surface area contributed by atoms with Crippen LogP contribution in [-0.2, 0) is 0 Å². The summed E-state index contributed by atoms with van der Waals surface area (Å²) in [4.78, 5) is 12.2. The first-order chi connectivity index (χ1) is 22.4. The Labute approximate surface area is 271 Å². The van der Waals surface area contributed by atoms with Crippen molar-refractivity contribution < 1.29 is 0 Å². The van der Waals surface area contributed by atoms with Gasteiger partial charge in [0.05, 0.1) is 16.7 Å². The second-order valence-corrected chi connectivity index (χ2v) is 12.5. The predicted octanol–water partition coefficient (Wildman–Crippen LogP) is 10.6. The maximum absolute atomic E-state index is 5.25. The fraction of sp³-hybridized carbons (Fsp3) is 0.171. The van der Waals surface area contributed by atoms with Crippen LogP contribution in [0.2, 0.25) is 0 Å². The minimum atomic E-state index is 0.366. The standard InChI is InChI=1S/C41H39N5/c1-28(2)35-20-13-21-36(29(3)4)39(35)46-38-23-10-9-22-37(38)43-41(46)31-15-12-19-34(27-31)44(5)33-18-11-14-30(26-33)40-42-24-25-45(40)32-16-7-6-8-17-32/h6-29H,1-5H3. The maximum atomic E-state index is 5.25. The molecule has 0 aliphatic rings. The van der Waals surface area contributed by atoms with Gasteiger partial charge in [-0.1, -0.05) is 100 Å². The Morgan fingerprint density at radius 2 is 1.20 bits per heavy atom. The highest BCUT2D eigenvalue weighted by molar-refractivity contribution is 5.85. The van der Waals surface area contributed by atoms with Crippen molar-refractivity contribution >= 4 is 22.4 Å². The molecular weight excluding hydrogens is 562 g/mol. The van der Waals surface area contributed by atoms with Crippen molar-refractivity contribution in [2.24, 2.45) is 0 Å². The van der Waals surface area contributed by atoms with Crippen LogP contribution in [0.25, 0.3) is 45.2 Å². The summed E-state index contributed by atoms with van der Waals surface area (Å²) >= 11 is 0. The zero-order chi connectivity index (χ0) is 31.8. The Bertz CT molecular complexity index is 2110. The normalized spacial score (nSPS) is 11.5. The highest BCUT2D eigenvalue weighted by Crippen LogP contribution is 2.38. The summed E-state index contributed by atoms with van der Waals surface area (Å²) in [6.07, 6.45) is 3.87. The Morgan fingerprint density at radius 1 is 0.609 bits per heavy atom. The van der Waals surface area contributed by atoms with E-state index in [4.69, 9.17) is 9.97 Å². The number of hydrogen-bond acceptors (Lipinski definition) is 3. The van der Waals surface area contributed by atoms with E-state index in [1.807, 2.05) is 18.5 Å². The van der Waals surface area contributed by atoms with Gasteiger partial charge in [0.25, 0.3) is 0 Å². The van der Waals surface area contributed by atoms with Gasteiger partial charge in [0, 0.05) is 47.6 Å². The van der Waals surface area contributed by atoms with Crippen molar-refractivity contribution in [3.63, 3.8) is 0 Å². The van der Waals surface area contributed by atoms with Crippen LogP contribution in [0.1, 0.15) is 50.7 Å². The smallest absolute Gasteiger partial charge is 0.145 e. The maximum Gasteiger partial charge on any atom is 0.145 e. The largest absolute Gasteiger partial charge is 0.345 e. The van der Waals surface area contributed by atoms with Crippen LogP contribution in [0.15, 0.2) is 134 Å². The SMILES string of the molecule is CC(C)c1cccc(C(C)C)c1-n1c(-c2cccc(N(C)c3cccc(-c4nccn4-c4ccccc4)c3)c2)nc2ccccc21. The zero-order valence-corrected chi connectivity index (χ0v) is 27.1. The minimum absolute atomic E-state index is 0.366. The summed E-state index contributed by atoms with van der Waals surface area (Å²) < 4.78 is 4.52. The lowest BCUT2D eigenvalue weighted by molar-refractivity contribution is 0.811. The van der Waals surface area contributed by atoms with Gasteiger partial charge in [-0.15, -0.1) is 0 Å². The van der Waals surface area contributed by atoms with Crippen molar-refractivity contribution in [2.45, 2.75) is 39.5 Å². The van der Waals surface area contributed by atoms with Crippen molar-refractivity contribution in [1.82, 2.24) is 19.1 Å². The number of hydrogen-bond donors (Lipinski definition) is 0. The molecule has 0 aliphatic heterocycles. The molecule has 0 amide bonds. The van der Waals surface area contributed by atoms with E-state index in [2.05, 4.69) is 164 Å². The minimum Gasteiger partial charge on any atom is -0.345 e. The summed E-state index contributed by atoms with van der Waals surface area (Å²) in [6.45, 7) is 9.10. The van der Waals surface area contributed by atoms with E-state index in [0.717, 1.165) is 50.9 Å². The number of fused-ring (bicyclic) bond motifs is 1. The quantitative estimate of drug-likeness (QED) is 0.174. The van der Waals surface area contributed by atoms with Crippen molar-refractivity contribution in [1.29, 1.82) is 0 Å². The second kappa shape index (κ2) is 12.2. The molecule has 0 saturated heterocycles. The third-order valence-corrected chi connectivity index (χ3v) is 8.79. The van der Waals surface area contributed by atoms with Crippen molar-refractivity contribution in [2.75, 3.05) is 11.9 Å². The summed E-state index contributed by atoms with van der Waals surface area (Å²) in [6, 6.07) is 42.9. The van der Waals surface area contributed by atoms with Crippen LogP contribution in [0.3, 0.4) is 0 Å². The third kappa shape index (κ3) is 5.28. The Balaban J connectivity index is 1.33. The molecule has 0 aliphatic carbocycles. The van der Waals surface area contributed by atoms with Gasteiger partial charge in [0.2, 0.25) is 0 Å². The lowest BCUT2D eigenvalue weighted by Gasteiger charge is -2.23. The molecule has 0 atom stereocenters. The van der Waals surface area contributed by atoms with Crippen LogP contribution >= 0.6 is 0 Å². The van der Waals surface area contributed by atoms with Gasteiger partial charge in [0.1, 0.15) is 11.6 Å². The van der Waals surface area contributed by atoms with Gasteiger partial charge in [-0.2, -0.15) is 0 Å². The van der Waals surface area contributed by atoms with Crippen molar-refractivity contribution in [3.05, 3.63) is 145 Å². The van der Waals surface area contributed by atoms with Crippen molar-refractivity contribution in [3.8, 4) is 34.2 Å². The Kier molecular flexibility index (Phi) is 7.75. The lowest BCUT2D eigenvalue weighted by Crippen LogP contribution is -2.10. The van der Waals surface area contributed by atoms with E-state index in [-0.39, 0.29) is 0 Å². The fourth-order valence-corrected chi connectivity index (χ4v) is 6.39. The molecule has 0 unspecified atom stereocenters. The molecule has 0 N–H and O–H groups in total. The summed E-state index contributed by atoms with van der Waals surface area (Å²) in [5.41, 5.74) is 11.4. The average Bonchev–Trinajstić information content (AvgIpc) is 3.74. The topological polar surface area (TPSA) is 38.9 Å². The van der Waals surface area contributed by atoms with Gasteiger partial charge in [-0.05, 0) is 71.5 Å². The zero-order valence-electron chi connectivity index (χ0n) is 27.1. The molecule has 0 radical (unpaired) electrons. The fourth-order valence-electron chi connectivity index (χ4n) is 6.39. The van der Waals surface area contributed by atoms with E-state index in [0.29, 0.717) is 11.8 Å². The van der Waals surface area contributed by atoms with Crippen LogP contribution in [0.5, 0.6) is 0 Å². The number of anilines is 2. The Hall–Kier alpha value is -5.42. The summed E-state index contributed by atoms with van der Waals surface area (Å²) in [7, 11) is 2.12. The number of aromatic nitrogens is 4. The van der Waals surface area contributed by atoms with Crippen LogP contribution in [-0.4, -0.2) is 26.1 Å². The molecule has 2 aromatic heterocycles. The van der Waals surface area contributed by atoms with E-state index in [1.54, 1.807) is 0 Å². The van der Waals surface area contributed by atoms with Crippen LogP contribution < -0.4 is 4.90 Å². The molecule has 46 heavy (non-hydrogen) atoms. The van der Waals surface area contributed by atoms with E-state index in [9.17, 15) is 0 Å². The molecule has 5 nitrogen and oxygen atoms in total. The average molecular weight is 602 g/mol. The van der Waals surface area contributed by atoms with E-state index < -0.39 is 0 Å². The van der Waals surface area contributed by atoms with E-state index in [1.165, 1.54) is 16.8 Å². The molecule has 5 heteroatoms. The molecule has 0 saturated carbocycles. The molecule has 2 heterocycles. The van der Waals surface area contributed by atoms with Gasteiger partial charge < -0.3 is 4.90 Å². The number of benzene rings is 5. The van der Waals surface area contributed by atoms with Crippen LogP contribution in [0.4, 0.5) is 11.4 Å². The molecule has 0 spiro atoms. The third-order valence-electron chi connectivity index (χ3n) is 8.79. The highest BCUT2D eigenvalue weighted by Gasteiger charge is 2.22. The molecule has 228 valence electrons. The van der Waals surface area contributed by atoms with E-state index >= 15 is 0 Å². The molecule has 7 rings (SSSR count). The summed E-state index contributed by atoms with van der Waals surface area (Å²) in [5, 5.41) is 0. The molecule has 5 aromatic carbocycles. The number of rotatable bonds is 8. The van der Waals surface area contributed by atoms with Gasteiger partial charge in [0.15, 0.2) is 0 Å². The molecular formula is C41H39N5. The number of nitrogens with zero attached hydrogens (tertiary/aromatic N) is 5. The molecule has 0 bridgehead atoms. The first kappa shape index (κ1) is 29.3. The summed E-state index contributed by atoms with van der Waals surface area (Å²) in [5.74, 6) is 2.59. The first-order valence-electron chi connectivity index (χ1n) is 16.0. The first-order valence-corrected chi connectivity index (χ1v) is 16.0. The van der Waals surface area contributed by atoms with Gasteiger partial charge in [-0.3, -0.25) is 9.13 Å². The van der Waals surface area contributed by atoms with Gasteiger partial charge in [-0.25, -0.2) is 9.97 Å². The second-order valence-electron chi connectivity index (χ2n) is 12.5. The monoisotopic (exact) mass is 601 g/mol. The number of para-hydroxylation sites is 4. The van der Waals surface area contributed by atoms with Gasteiger partial charge >= 0.3 is 0 Å².